The molecule has 3 nitrogen and oxygen atoms in total. The maximum Gasteiger partial charge on any atom is 0.0606 e. The average molecular weight is 234 g/mol. The third-order valence-electron chi connectivity index (χ3n) is 3.73. The zero-order valence-corrected chi connectivity index (χ0v) is 10.9. The van der Waals surface area contributed by atoms with E-state index < -0.39 is 0 Å². The van der Waals surface area contributed by atoms with Crippen molar-refractivity contribution in [3.8, 4) is 0 Å². The number of aliphatic hydroxyl groups excluding tert-OH is 1. The summed E-state index contributed by atoms with van der Waals surface area (Å²) in [7, 11) is 0. The summed E-state index contributed by atoms with van der Waals surface area (Å²) in [5.41, 5.74) is 9.29. The van der Waals surface area contributed by atoms with E-state index >= 15 is 0 Å². The fourth-order valence-electron chi connectivity index (χ4n) is 3.03. The zero-order chi connectivity index (χ0) is 12.6. The van der Waals surface area contributed by atoms with Crippen LogP contribution in [0.3, 0.4) is 0 Å². The summed E-state index contributed by atoms with van der Waals surface area (Å²) in [5, 5.41) is 9.23. The first kappa shape index (κ1) is 12.2. The highest BCUT2D eigenvalue weighted by Crippen LogP contribution is 2.43. The predicted octanol–water partition coefficient (Wildman–Crippen LogP) is 2.35. The Bertz CT molecular complexity index is 415. The molecule has 0 aliphatic carbocycles. The highest BCUT2D eigenvalue weighted by molar-refractivity contribution is 5.64. The Morgan fingerprint density at radius 2 is 2.18 bits per heavy atom. The molecule has 1 heterocycles. The van der Waals surface area contributed by atoms with E-state index in [0.29, 0.717) is 12.5 Å². The number of aliphatic hydroxyl groups is 1. The van der Waals surface area contributed by atoms with E-state index in [1.807, 2.05) is 6.07 Å². The van der Waals surface area contributed by atoms with Gasteiger partial charge in [0.25, 0.3) is 0 Å². The molecule has 1 unspecified atom stereocenters. The summed E-state index contributed by atoms with van der Waals surface area (Å²) in [5.74, 6) is 0.512. The Morgan fingerprint density at radius 3 is 2.82 bits per heavy atom. The number of β-amino-alcohol motifs (C(OH)–C–C–N with tert-alkyl or cyclic N) is 1. The summed E-state index contributed by atoms with van der Waals surface area (Å²) in [6.07, 6.45) is 1.09. The monoisotopic (exact) mass is 234 g/mol. The minimum absolute atomic E-state index is 0.0886. The van der Waals surface area contributed by atoms with Crippen LogP contribution in [-0.4, -0.2) is 23.8 Å². The largest absolute Gasteiger partial charge is 0.399 e. The van der Waals surface area contributed by atoms with E-state index in [2.05, 4.69) is 37.8 Å². The number of nitrogens with two attached hydrogens (primary N) is 1. The van der Waals surface area contributed by atoms with Crippen molar-refractivity contribution in [2.75, 3.05) is 23.8 Å². The first-order valence-corrected chi connectivity index (χ1v) is 6.23. The number of hydrogen-bond acceptors (Lipinski definition) is 3. The Hall–Kier alpha value is -1.22. The topological polar surface area (TPSA) is 49.5 Å². The average Bonchev–Trinajstić information content (AvgIpc) is 2.24. The van der Waals surface area contributed by atoms with Crippen molar-refractivity contribution in [1.29, 1.82) is 0 Å². The normalized spacial score (nSPS) is 22.4. The molecule has 94 valence electrons. The number of fused-ring (bicyclic) bond motifs is 1. The van der Waals surface area contributed by atoms with E-state index in [0.717, 1.165) is 12.1 Å². The van der Waals surface area contributed by atoms with Gasteiger partial charge in [0.2, 0.25) is 0 Å². The molecule has 0 fully saturated rings. The van der Waals surface area contributed by atoms with Gasteiger partial charge in [-0.05, 0) is 49.9 Å². The van der Waals surface area contributed by atoms with Crippen molar-refractivity contribution in [3.05, 3.63) is 23.8 Å². The van der Waals surface area contributed by atoms with Crippen molar-refractivity contribution in [3.63, 3.8) is 0 Å². The van der Waals surface area contributed by atoms with Crippen LogP contribution in [-0.2, 0) is 0 Å². The second kappa shape index (κ2) is 4.22. The Kier molecular flexibility index (Phi) is 3.04. The standard InChI is InChI=1S/C14H22N2O/c1-10-9-14(2,3)16(6-7-17)13-5-4-11(15)8-12(10)13/h4-5,8,10,17H,6-7,9,15H2,1-3H3. The van der Waals surface area contributed by atoms with Crippen molar-refractivity contribution >= 4 is 11.4 Å². The quantitative estimate of drug-likeness (QED) is 0.772. The van der Waals surface area contributed by atoms with E-state index in [9.17, 15) is 5.11 Å². The molecule has 1 atom stereocenters. The number of benzene rings is 1. The van der Waals surface area contributed by atoms with Gasteiger partial charge in [-0.15, -0.1) is 0 Å². The molecule has 0 aromatic heterocycles. The molecule has 0 bridgehead atoms. The van der Waals surface area contributed by atoms with Gasteiger partial charge in [0.15, 0.2) is 0 Å². The van der Waals surface area contributed by atoms with Crippen LogP contribution < -0.4 is 10.6 Å². The maximum atomic E-state index is 9.23. The molecule has 3 heteroatoms. The van der Waals surface area contributed by atoms with E-state index in [1.54, 1.807) is 0 Å². The third-order valence-corrected chi connectivity index (χ3v) is 3.73. The highest BCUT2D eigenvalue weighted by Gasteiger charge is 2.35. The number of rotatable bonds is 2. The first-order chi connectivity index (χ1) is 7.95. The third kappa shape index (κ3) is 2.12. The molecule has 2 rings (SSSR count). The molecule has 1 aliphatic rings. The number of anilines is 2. The van der Waals surface area contributed by atoms with Crippen LogP contribution in [0.5, 0.6) is 0 Å². The second-order valence-electron chi connectivity index (χ2n) is 5.61. The van der Waals surface area contributed by atoms with E-state index in [-0.39, 0.29) is 12.1 Å². The van der Waals surface area contributed by atoms with Crippen molar-refractivity contribution in [2.45, 2.75) is 38.6 Å². The molecule has 0 radical (unpaired) electrons. The molecule has 0 saturated carbocycles. The lowest BCUT2D eigenvalue weighted by atomic mass is 9.80. The van der Waals surface area contributed by atoms with E-state index in [1.165, 1.54) is 11.3 Å². The van der Waals surface area contributed by atoms with Crippen molar-refractivity contribution < 1.29 is 5.11 Å². The Labute approximate surface area is 103 Å². The lowest BCUT2D eigenvalue weighted by Gasteiger charge is -2.47. The minimum Gasteiger partial charge on any atom is -0.399 e. The predicted molar refractivity (Wildman–Crippen MR) is 72.4 cm³/mol. The van der Waals surface area contributed by atoms with Gasteiger partial charge < -0.3 is 15.7 Å². The van der Waals surface area contributed by atoms with Gasteiger partial charge in [-0.1, -0.05) is 6.92 Å². The zero-order valence-electron chi connectivity index (χ0n) is 10.9. The second-order valence-corrected chi connectivity index (χ2v) is 5.61. The maximum absolute atomic E-state index is 9.23. The number of hydrogen-bond donors (Lipinski definition) is 2. The van der Waals surface area contributed by atoms with Gasteiger partial charge in [0.1, 0.15) is 0 Å². The highest BCUT2D eigenvalue weighted by atomic mass is 16.3. The molecule has 1 aromatic carbocycles. The summed E-state index contributed by atoms with van der Waals surface area (Å²) >= 11 is 0. The smallest absolute Gasteiger partial charge is 0.0606 e. The van der Waals surface area contributed by atoms with Crippen LogP contribution in [0.2, 0.25) is 0 Å². The number of nitrogen functional groups attached to an aromatic ring is 1. The molecule has 3 N–H and O–H groups in total. The minimum atomic E-state index is 0.0886. The Balaban J connectivity index is 2.49. The van der Waals surface area contributed by atoms with Gasteiger partial charge in [0.05, 0.1) is 6.61 Å². The fraction of sp³-hybridized carbons (Fsp3) is 0.571. The summed E-state index contributed by atoms with van der Waals surface area (Å²) < 4.78 is 0. The SMILES string of the molecule is CC1CC(C)(C)N(CCO)c2ccc(N)cc21. The van der Waals surface area contributed by atoms with Crippen LogP contribution in [0.15, 0.2) is 18.2 Å². The van der Waals surface area contributed by atoms with Crippen LogP contribution in [0.4, 0.5) is 11.4 Å². The summed E-state index contributed by atoms with van der Waals surface area (Å²) in [4.78, 5) is 2.29. The fourth-order valence-corrected chi connectivity index (χ4v) is 3.03. The molecule has 0 amide bonds. The molecular weight excluding hydrogens is 212 g/mol. The van der Waals surface area contributed by atoms with Crippen LogP contribution in [0.25, 0.3) is 0 Å². The van der Waals surface area contributed by atoms with Gasteiger partial charge >= 0.3 is 0 Å². The molecule has 1 aliphatic heterocycles. The van der Waals surface area contributed by atoms with E-state index in [4.69, 9.17) is 5.73 Å². The molecule has 0 spiro atoms. The van der Waals surface area contributed by atoms with Crippen LogP contribution >= 0.6 is 0 Å². The Morgan fingerprint density at radius 1 is 1.47 bits per heavy atom. The van der Waals surface area contributed by atoms with Crippen LogP contribution in [0, 0.1) is 0 Å². The molecular formula is C14H22N2O. The van der Waals surface area contributed by atoms with Gasteiger partial charge in [-0.3, -0.25) is 0 Å². The van der Waals surface area contributed by atoms with Gasteiger partial charge in [-0.2, -0.15) is 0 Å². The lowest BCUT2D eigenvalue weighted by molar-refractivity contribution is 0.277. The number of nitrogens with zero attached hydrogens (tertiary/aromatic N) is 1. The summed E-state index contributed by atoms with van der Waals surface area (Å²) in [6, 6.07) is 6.09. The molecule has 0 saturated heterocycles. The first-order valence-electron chi connectivity index (χ1n) is 6.23. The lowest BCUT2D eigenvalue weighted by Crippen LogP contribution is -2.49. The van der Waals surface area contributed by atoms with Gasteiger partial charge in [-0.25, -0.2) is 0 Å². The van der Waals surface area contributed by atoms with Gasteiger partial charge in [0, 0.05) is 23.5 Å². The molecule has 1 aromatic rings. The van der Waals surface area contributed by atoms with Crippen molar-refractivity contribution in [1.82, 2.24) is 0 Å². The van der Waals surface area contributed by atoms with Crippen molar-refractivity contribution in [2.24, 2.45) is 0 Å². The van der Waals surface area contributed by atoms with Crippen LogP contribution in [0.1, 0.15) is 38.7 Å². The molecule has 17 heavy (non-hydrogen) atoms. The summed E-state index contributed by atoms with van der Waals surface area (Å²) in [6.45, 7) is 7.57.